The molecule has 0 saturated carbocycles. The monoisotopic (exact) mass is 287 g/mol. The highest BCUT2D eigenvalue weighted by molar-refractivity contribution is 5.82. The lowest BCUT2D eigenvalue weighted by molar-refractivity contribution is -0.141. The number of anilines is 1. The van der Waals surface area contributed by atoms with Crippen molar-refractivity contribution >= 4 is 11.7 Å². The number of rotatable bonds is 4. The lowest BCUT2D eigenvalue weighted by atomic mass is 9.96. The second kappa shape index (κ2) is 6.39. The zero-order valence-electron chi connectivity index (χ0n) is 12.3. The van der Waals surface area contributed by atoms with Crippen LogP contribution in [-0.4, -0.2) is 13.1 Å². The van der Waals surface area contributed by atoms with E-state index >= 15 is 0 Å². The maximum Gasteiger partial charge on any atom is 0.333 e. The summed E-state index contributed by atoms with van der Waals surface area (Å²) < 4.78 is 18.2. The van der Waals surface area contributed by atoms with Crippen molar-refractivity contribution in [3.8, 4) is 0 Å². The van der Waals surface area contributed by atoms with Gasteiger partial charge in [-0.1, -0.05) is 24.3 Å². The van der Waals surface area contributed by atoms with Gasteiger partial charge in [-0.25, -0.2) is 9.18 Å². The van der Waals surface area contributed by atoms with Gasteiger partial charge in [0, 0.05) is 5.69 Å². The minimum atomic E-state index is -0.669. The van der Waals surface area contributed by atoms with Crippen LogP contribution in [0.1, 0.15) is 22.7 Å². The van der Waals surface area contributed by atoms with Crippen LogP contribution in [0.25, 0.3) is 0 Å². The van der Waals surface area contributed by atoms with Crippen LogP contribution >= 0.6 is 0 Å². The standard InChI is InChI=1S/C17H18FNO2/c1-11-6-4-7-12(2)15(11)16(17(20)21-3)19-14-9-5-8-13(18)10-14/h4-10,16,19H,1-3H3. The van der Waals surface area contributed by atoms with Crippen molar-refractivity contribution in [3.63, 3.8) is 0 Å². The van der Waals surface area contributed by atoms with Gasteiger partial charge >= 0.3 is 5.97 Å². The Kier molecular flexibility index (Phi) is 4.58. The van der Waals surface area contributed by atoms with Gasteiger partial charge in [-0.3, -0.25) is 0 Å². The minimum absolute atomic E-state index is 0.356. The smallest absolute Gasteiger partial charge is 0.333 e. The number of benzene rings is 2. The lowest BCUT2D eigenvalue weighted by Gasteiger charge is -2.21. The van der Waals surface area contributed by atoms with Crippen LogP contribution in [0.5, 0.6) is 0 Å². The number of aryl methyl sites for hydroxylation is 2. The van der Waals surface area contributed by atoms with Crippen molar-refractivity contribution in [3.05, 3.63) is 65.0 Å². The van der Waals surface area contributed by atoms with Gasteiger partial charge in [-0.05, 0) is 48.7 Å². The summed E-state index contributed by atoms with van der Waals surface area (Å²) in [6.07, 6.45) is 0. The molecule has 0 saturated heterocycles. The van der Waals surface area contributed by atoms with E-state index in [4.69, 9.17) is 4.74 Å². The Morgan fingerprint density at radius 3 is 2.33 bits per heavy atom. The van der Waals surface area contributed by atoms with Crippen LogP contribution in [0.3, 0.4) is 0 Å². The molecule has 110 valence electrons. The molecule has 0 radical (unpaired) electrons. The average Bonchev–Trinajstić information content (AvgIpc) is 2.45. The molecule has 21 heavy (non-hydrogen) atoms. The number of halogens is 1. The molecule has 2 aromatic carbocycles. The molecule has 0 aliphatic rings. The third-order valence-corrected chi connectivity index (χ3v) is 3.40. The fourth-order valence-corrected chi connectivity index (χ4v) is 2.39. The quantitative estimate of drug-likeness (QED) is 0.870. The number of ether oxygens (including phenoxy) is 1. The van der Waals surface area contributed by atoms with E-state index in [-0.39, 0.29) is 5.82 Å². The molecule has 0 spiro atoms. The maximum atomic E-state index is 13.3. The van der Waals surface area contributed by atoms with Crippen LogP contribution in [0.2, 0.25) is 0 Å². The summed E-state index contributed by atoms with van der Waals surface area (Å²) in [7, 11) is 1.34. The molecule has 0 heterocycles. The van der Waals surface area contributed by atoms with Crippen molar-refractivity contribution in [2.75, 3.05) is 12.4 Å². The largest absolute Gasteiger partial charge is 0.467 e. The summed E-state index contributed by atoms with van der Waals surface area (Å²) in [5.74, 6) is -0.762. The molecule has 0 aromatic heterocycles. The highest BCUT2D eigenvalue weighted by Gasteiger charge is 2.24. The fourth-order valence-electron chi connectivity index (χ4n) is 2.39. The van der Waals surface area contributed by atoms with Crippen molar-refractivity contribution in [1.82, 2.24) is 0 Å². The van der Waals surface area contributed by atoms with Gasteiger partial charge < -0.3 is 10.1 Å². The summed E-state index contributed by atoms with van der Waals surface area (Å²) in [5.41, 5.74) is 3.35. The van der Waals surface area contributed by atoms with Crippen LogP contribution in [0.15, 0.2) is 42.5 Å². The topological polar surface area (TPSA) is 38.3 Å². The number of hydrogen-bond acceptors (Lipinski definition) is 3. The van der Waals surface area contributed by atoms with E-state index in [1.54, 1.807) is 12.1 Å². The zero-order valence-corrected chi connectivity index (χ0v) is 12.3. The number of carbonyl (C=O) groups excluding carboxylic acids is 1. The molecule has 2 rings (SSSR count). The van der Waals surface area contributed by atoms with Gasteiger partial charge in [-0.2, -0.15) is 0 Å². The Morgan fingerprint density at radius 2 is 1.76 bits per heavy atom. The molecule has 0 amide bonds. The number of esters is 1. The van der Waals surface area contributed by atoms with Crippen LogP contribution in [0.4, 0.5) is 10.1 Å². The van der Waals surface area contributed by atoms with Crippen molar-refractivity contribution in [2.45, 2.75) is 19.9 Å². The maximum absolute atomic E-state index is 13.3. The van der Waals surface area contributed by atoms with E-state index in [0.29, 0.717) is 5.69 Å². The molecule has 0 bridgehead atoms. The first-order valence-electron chi connectivity index (χ1n) is 6.69. The zero-order chi connectivity index (χ0) is 15.4. The number of hydrogen-bond donors (Lipinski definition) is 1. The average molecular weight is 287 g/mol. The molecule has 1 unspecified atom stereocenters. The third kappa shape index (κ3) is 3.40. The molecule has 2 aromatic rings. The Bertz CT molecular complexity index is 635. The van der Waals surface area contributed by atoms with Gasteiger partial charge in [-0.15, -0.1) is 0 Å². The summed E-state index contributed by atoms with van der Waals surface area (Å²) in [6, 6.07) is 11.2. The first-order chi connectivity index (χ1) is 10.0. The Balaban J connectivity index is 2.42. The molecule has 4 heteroatoms. The molecule has 1 atom stereocenters. The lowest BCUT2D eigenvalue weighted by Crippen LogP contribution is -2.24. The number of methoxy groups -OCH3 is 1. The molecule has 1 N–H and O–H groups in total. The second-order valence-electron chi connectivity index (χ2n) is 4.92. The molecule has 0 aliphatic carbocycles. The highest BCUT2D eigenvalue weighted by atomic mass is 19.1. The molecular weight excluding hydrogens is 269 g/mol. The first kappa shape index (κ1) is 15.0. The van der Waals surface area contributed by atoms with Crippen molar-refractivity contribution < 1.29 is 13.9 Å². The first-order valence-corrected chi connectivity index (χ1v) is 6.69. The van der Waals surface area contributed by atoms with Crippen LogP contribution < -0.4 is 5.32 Å². The minimum Gasteiger partial charge on any atom is -0.467 e. The van der Waals surface area contributed by atoms with E-state index in [9.17, 15) is 9.18 Å². The molecule has 0 aliphatic heterocycles. The van der Waals surface area contributed by atoms with E-state index in [2.05, 4.69) is 5.32 Å². The summed E-state index contributed by atoms with van der Waals surface area (Å²) in [4.78, 5) is 12.1. The van der Waals surface area contributed by atoms with Crippen LogP contribution in [0, 0.1) is 19.7 Å². The Morgan fingerprint density at radius 1 is 1.14 bits per heavy atom. The van der Waals surface area contributed by atoms with E-state index in [0.717, 1.165) is 16.7 Å². The summed E-state index contributed by atoms with van der Waals surface area (Å²) in [6.45, 7) is 3.87. The third-order valence-electron chi connectivity index (χ3n) is 3.40. The molecule has 0 fully saturated rings. The Labute approximate surface area is 123 Å². The van der Waals surface area contributed by atoms with Gasteiger partial charge in [0.2, 0.25) is 0 Å². The van der Waals surface area contributed by atoms with E-state index in [1.165, 1.54) is 19.2 Å². The Hall–Kier alpha value is -2.36. The molecule has 3 nitrogen and oxygen atoms in total. The summed E-state index contributed by atoms with van der Waals surface area (Å²) in [5, 5.41) is 3.05. The fraction of sp³-hybridized carbons (Fsp3) is 0.235. The predicted molar refractivity (Wildman–Crippen MR) is 80.7 cm³/mol. The normalized spacial score (nSPS) is 11.8. The van der Waals surface area contributed by atoms with Crippen molar-refractivity contribution in [2.24, 2.45) is 0 Å². The van der Waals surface area contributed by atoms with Gasteiger partial charge in [0.15, 0.2) is 6.04 Å². The van der Waals surface area contributed by atoms with Gasteiger partial charge in [0.25, 0.3) is 0 Å². The van der Waals surface area contributed by atoms with Crippen LogP contribution in [-0.2, 0) is 9.53 Å². The second-order valence-corrected chi connectivity index (χ2v) is 4.92. The van der Waals surface area contributed by atoms with E-state index in [1.807, 2.05) is 32.0 Å². The van der Waals surface area contributed by atoms with Crippen molar-refractivity contribution in [1.29, 1.82) is 0 Å². The number of nitrogens with one attached hydrogen (secondary N) is 1. The highest BCUT2D eigenvalue weighted by Crippen LogP contribution is 2.27. The van der Waals surface area contributed by atoms with Gasteiger partial charge in [0.1, 0.15) is 5.82 Å². The van der Waals surface area contributed by atoms with Gasteiger partial charge in [0.05, 0.1) is 7.11 Å². The van der Waals surface area contributed by atoms with E-state index < -0.39 is 12.0 Å². The summed E-state index contributed by atoms with van der Waals surface area (Å²) >= 11 is 0. The predicted octanol–water partition coefficient (Wildman–Crippen LogP) is 3.77. The number of carbonyl (C=O) groups is 1. The molecular formula is C17H18FNO2. The SMILES string of the molecule is COC(=O)C(Nc1cccc(F)c1)c1c(C)cccc1C.